The maximum absolute atomic E-state index is 14.5. The van der Waals surface area contributed by atoms with E-state index in [9.17, 15) is 9.18 Å². The van der Waals surface area contributed by atoms with Gasteiger partial charge in [0, 0.05) is 11.6 Å². The Morgan fingerprint density at radius 2 is 1.92 bits per heavy atom. The van der Waals surface area contributed by atoms with Crippen molar-refractivity contribution in [1.82, 2.24) is 4.90 Å². The summed E-state index contributed by atoms with van der Waals surface area (Å²) in [6.45, 7) is 0.113. The molecule has 3 rings (SSSR count). The van der Waals surface area contributed by atoms with Gasteiger partial charge in [-0.25, -0.2) is 9.18 Å². The number of benzene rings is 2. The van der Waals surface area contributed by atoms with E-state index in [1.807, 2.05) is 30.3 Å². The third-order valence-corrected chi connectivity index (χ3v) is 4.49. The van der Waals surface area contributed by atoms with E-state index < -0.39 is 17.8 Å². The number of carbonyl (C=O) groups is 1. The van der Waals surface area contributed by atoms with Crippen LogP contribution in [0.4, 0.5) is 9.18 Å². The van der Waals surface area contributed by atoms with E-state index in [4.69, 9.17) is 22.1 Å². The summed E-state index contributed by atoms with van der Waals surface area (Å²) in [6.07, 6.45) is -1.94. The number of hydrogen-bond acceptors (Lipinski definition) is 3. The molecule has 0 aromatic heterocycles. The van der Waals surface area contributed by atoms with Gasteiger partial charge < -0.3 is 15.4 Å². The molecular weight excluding hydrogens is 331 g/mol. The maximum atomic E-state index is 14.5. The zero-order valence-electron chi connectivity index (χ0n) is 13.0. The third kappa shape index (κ3) is 3.37. The lowest BCUT2D eigenvalue weighted by Crippen LogP contribution is -2.46. The molecule has 1 aliphatic heterocycles. The Bertz CT molecular complexity index is 711. The molecule has 2 atom stereocenters. The van der Waals surface area contributed by atoms with Crippen LogP contribution in [0.25, 0.3) is 0 Å². The van der Waals surface area contributed by atoms with Crippen LogP contribution in [0, 0.1) is 0 Å². The Balaban J connectivity index is 1.66. The van der Waals surface area contributed by atoms with Gasteiger partial charge in [0.05, 0.1) is 12.1 Å². The van der Waals surface area contributed by atoms with Crippen molar-refractivity contribution in [2.75, 3.05) is 13.1 Å². The summed E-state index contributed by atoms with van der Waals surface area (Å²) >= 11 is 5.86. The fraction of sp³-hybridized carbons (Fsp3) is 0.278. The number of rotatable bonds is 3. The smallest absolute Gasteiger partial charge is 0.410 e. The highest BCUT2D eigenvalue weighted by atomic mass is 35.5. The standard InChI is InChI=1S/C18H18ClFN2O2/c19-15-8-6-14(7-9-15)18(21)12-22(10-16(18)20)17(23)24-11-13-4-2-1-3-5-13/h1-9,16H,10-12,21H2. The molecule has 1 heterocycles. The SMILES string of the molecule is NC1(c2ccc(Cl)cc2)CN(C(=O)OCc2ccccc2)CC1F. The second kappa shape index (κ2) is 6.79. The van der Waals surface area contributed by atoms with Crippen molar-refractivity contribution in [3.63, 3.8) is 0 Å². The Labute approximate surface area is 145 Å². The van der Waals surface area contributed by atoms with Crippen molar-refractivity contribution in [2.24, 2.45) is 5.73 Å². The van der Waals surface area contributed by atoms with Gasteiger partial charge in [-0.1, -0.05) is 54.1 Å². The summed E-state index contributed by atoms with van der Waals surface area (Å²) in [7, 11) is 0. The van der Waals surface area contributed by atoms with Crippen LogP contribution in [0.5, 0.6) is 0 Å². The average Bonchev–Trinajstić information content (AvgIpc) is 2.90. The third-order valence-electron chi connectivity index (χ3n) is 4.24. The van der Waals surface area contributed by atoms with Crippen molar-refractivity contribution in [2.45, 2.75) is 18.3 Å². The number of amides is 1. The molecule has 2 unspecified atom stereocenters. The highest BCUT2D eigenvalue weighted by Gasteiger charge is 2.47. The molecule has 0 radical (unpaired) electrons. The summed E-state index contributed by atoms with van der Waals surface area (Å²) in [5, 5.41) is 0.551. The van der Waals surface area contributed by atoms with E-state index in [2.05, 4.69) is 0 Å². The predicted octanol–water partition coefficient (Wildman–Crippen LogP) is 3.48. The Kier molecular flexibility index (Phi) is 4.73. The Hall–Kier alpha value is -2.11. The van der Waals surface area contributed by atoms with E-state index in [0.717, 1.165) is 5.56 Å². The van der Waals surface area contributed by atoms with Crippen LogP contribution in [0.1, 0.15) is 11.1 Å². The molecule has 0 saturated carbocycles. The molecule has 0 spiro atoms. The number of hydrogen-bond donors (Lipinski definition) is 1. The van der Waals surface area contributed by atoms with Gasteiger partial charge in [-0.05, 0) is 23.3 Å². The van der Waals surface area contributed by atoms with Crippen LogP contribution in [-0.4, -0.2) is 30.3 Å². The van der Waals surface area contributed by atoms with Crippen molar-refractivity contribution in [3.05, 3.63) is 70.7 Å². The summed E-state index contributed by atoms with van der Waals surface area (Å²) in [6, 6.07) is 16.0. The fourth-order valence-electron chi connectivity index (χ4n) is 2.82. The molecule has 6 heteroatoms. The van der Waals surface area contributed by atoms with Crippen molar-refractivity contribution >= 4 is 17.7 Å². The molecule has 0 bridgehead atoms. The molecule has 1 saturated heterocycles. The number of ether oxygens (including phenoxy) is 1. The number of carbonyl (C=O) groups excluding carboxylic acids is 1. The van der Waals surface area contributed by atoms with E-state index in [1.165, 1.54) is 4.90 Å². The molecule has 2 N–H and O–H groups in total. The number of likely N-dealkylation sites (tertiary alicyclic amines) is 1. The predicted molar refractivity (Wildman–Crippen MR) is 90.4 cm³/mol. The molecular formula is C18H18ClFN2O2. The van der Waals surface area contributed by atoms with Gasteiger partial charge in [0.15, 0.2) is 0 Å². The molecule has 1 aliphatic rings. The number of nitrogens with zero attached hydrogens (tertiary/aromatic N) is 1. The number of alkyl halides is 1. The minimum absolute atomic E-state index is 0.0590. The lowest BCUT2D eigenvalue weighted by atomic mass is 9.89. The summed E-state index contributed by atoms with van der Waals surface area (Å²) < 4.78 is 19.8. The van der Waals surface area contributed by atoms with Gasteiger partial charge in [-0.15, -0.1) is 0 Å². The first-order valence-corrected chi connectivity index (χ1v) is 8.01. The molecule has 0 aliphatic carbocycles. The van der Waals surface area contributed by atoms with Crippen LogP contribution in [-0.2, 0) is 16.9 Å². The highest BCUT2D eigenvalue weighted by molar-refractivity contribution is 6.30. The molecule has 2 aromatic rings. The quantitative estimate of drug-likeness (QED) is 0.923. The topological polar surface area (TPSA) is 55.6 Å². The second-order valence-electron chi connectivity index (χ2n) is 5.94. The van der Waals surface area contributed by atoms with Gasteiger partial charge in [-0.3, -0.25) is 0 Å². The molecule has 126 valence electrons. The highest BCUT2D eigenvalue weighted by Crippen LogP contribution is 2.33. The zero-order chi connectivity index (χ0) is 17.2. The van der Waals surface area contributed by atoms with Gasteiger partial charge in [-0.2, -0.15) is 0 Å². The summed E-state index contributed by atoms with van der Waals surface area (Å²) in [5.74, 6) is 0. The second-order valence-corrected chi connectivity index (χ2v) is 6.37. The van der Waals surface area contributed by atoms with Crippen molar-refractivity contribution < 1.29 is 13.9 Å². The van der Waals surface area contributed by atoms with Gasteiger partial charge in [0.2, 0.25) is 0 Å². The molecule has 24 heavy (non-hydrogen) atoms. The van der Waals surface area contributed by atoms with Gasteiger partial charge in [0.25, 0.3) is 0 Å². The lowest BCUT2D eigenvalue weighted by molar-refractivity contribution is 0.101. The lowest BCUT2D eigenvalue weighted by Gasteiger charge is -2.26. The van der Waals surface area contributed by atoms with Crippen LogP contribution >= 0.6 is 11.6 Å². The fourth-order valence-corrected chi connectivity index (χ4v) is 2.94. The molecule has 1 amide bonds. The van der Waals surface area contributed by atoms with Crippen LogP contribution in [0.2, 0.25) is 5.02 Å². The average molecular weight is 349 g/mol. The van der Waals surface area contributed by atoms with Gasteiger partial charge >= 0.3 is 6.09 Å². The zero-order valence-corrected chi connectivity index (χ0v) is 13.7. The summed E-state index contributed by atoms with van der Waals surface area (Å²) in [4.78, 5) is 13.5. The minimum atomic E-state index is -1.37. The van der Waals surface area contributed by atoms with Crippen molar-refractivity contribution in [1.29, 1.82) is 0 Å². The van der Waals surface area contributed by atoms with E-state index in [1.54, 1.807) is 24.3 Å². The van der Waals surface area contributed by atoms with Crippen LogP contribution < -0.4 is 5.73 Å². The van der Waals surface area contributed by atoms with E-state index in [0.29, 0.717) is 10.6 Å². The number of nitrogens with two attached hydrogens (primary N) is 1. The van der Waals surface area contributed by atoms with Crippen LogP contribution in [0.3, 0.4) is 0 Å². The summed E-state index contributed by atoms with van der Waals surface area (Å²) in [5.41, 5.74) is 6.47. The minimum Gasteiger partial charge on any atom is -0.445 e. The van der Waals surface area contributed by atoms with E-state index in [-0.39, 0.29) is 19.7 Å². The largest absolute Gasteiger partial charge is 0.445 e. The number of halogens is 2. The molecule has 2 aromatic carbocycles. The van der Waals surface area contributed by atoms with Crippen LogP contribution in [0.15, 0.2) is 54.6 Å². The van der Waals surface area contributed by atoms with Crippen molar-refractivity contribution in [3.8, 4) is 0 Å². The van der Waals surface area contributed by atoms with E-state index >= 15 is 0 Å². The van der Waals surface area contributed by atoms with Gasteiger partial charge in [0.1, 0.15) is 12.8 Å². The maximum Gasteiger partial charge on any atom is 0.410 e. The molecule has 1 fully saturated rings. The normalized spacial score (nSPS) is 23.3. The monoisotopic (exact) mass is 348 g/mol. The molecule has 4 nitrogen and oxygen atoms in total. The first-order valence-electron chi connectivity index (χ1n) is 7.63. The Morgan fingerprint density at radius 3 is 2.58 bits per heavy atom. The Morgan fingerprint density at radius 1 is 1.25 bits per heavy atom. The first-order chi connectivity index (χ1) is 11.5. The first kappa shape index (κ1) is 16.7.